The third kappa shape index (κ3) is 3.48. The van der Waals surface area contributed by atoms with E-state index in [-0.39, 0.29) is 16.9 Å². The Morgan fingerprint density at radius 3 is 2.21 bits per heavy atom. The van der Waals surface area contributed by atoms with Crippen molar-refractivity contribution in [2.45, 2.75) is 52.0 Å². The third-order valence-electron chi connectivity index (χ3n) is 3.43. The van der Waals surface area contributed by atoms with E-state index in [1.165, 1.54) is 0 Å². The van der Waals surface area contributed by atoms with Crippen LogP contribution in [-0.2, 0) is 10.0 Å². The lowest BCUT2D eigenvalue weighted by Gasteiger charge is -2.22. The molecule has 0 amide bonds. The number of sulfonamides is 1. The standard InChI is InChI=1S/C14H24N2O2S/c1-6-12(9(2)3)16-19(17,18)14-11(5)8-7-10(4)13(14)15/h7-9,12,16H,6,15H2,1-5H3. The van der Waals surface area contributed by atoms with Crippen LogP contribution in [0.5, 0.6) is 0 Å². The highest BCUT2D eigenvalue weighted by Crippen LogP contribution is 2.26. The first-order valence-electron chi connectivity index (χ1n) is 6.58. The van der Waals surface area contributed by atoms with Gasteiger partial charge in [-0.05, 0) is 37.3 Å². The molecule has 108 valence electrons. The van der Waals surface area contributed by atoms with Gasteiger partial charge in [-0.25, -0.2) is 13.1 Å². The lowest BCUT2D eigenvalue weighted by Crippen LogP contribution is -2.38. The smallest absolute Gasteiger partial charge is 0.243 e. The molecule has 1 unspecified atom stereocenters. The van der Waals surface area contributed by atoms with Crippen LogP contribution in [0.4, 0.5) is 5.69 Å². The van der Waals surface area contributed by atoms with E-state index in [9.17, 15) is 8.42 Å². The average Bonchev–Trinajstić information content (AvgIpc) is 2.30. The second kappa shape index (κ2) is 5.92. The van der Waals surface area contributed by atoms with Gasteiger partial charge in [0, 0.05) is 6.04 Å². The molecule has 4 nitrogen and oxygen atoms in total. The Bertz CT molecular complexity index is 551. The van der Waals surface area contributed by atoms with Crippen LogP contribution in [0.3, 0.4) is 0 Å². The molecule has 0 saturated carbocycles. The highest BCUT2D eigenvalue weighted by Gasteiger charge is 2.25. The maximum Gasteiger partial charge on any atom is 0.243 e. The quantitative estimate of drug-likeness (QED) is 0.816. The van der Waals surface area contributed by atoms with Crippen LogP contribution < -0.4 is 10.5 Å². The number of hydrogen-bond donors (Lipinski definition) is 2. The minimum absolute atomic E-state index is 0.0793. The number of rotatable bonds is 5. The van der Waals surface area contributed by atoms with Gasteiger partial charge in [0.05, 0.1) is 5.69 Å². The first-order valence-corrected chi connectivity index (χ1v) is 8.07. The fourth-order valence-corrected chi connectivity index (χ4v) is 4.01. The van der Waals surface area contributed by atoms with Crippen molar-refractivity contribution in [1.29, 1.82) is 0 Å². The van der Waals surface area contributed by atoms with E-state index in [1.54, 1.807) is 13.0 Å². The summed E-state index contributed by atoms with van der Waals surface area (Å²) in [5.74, 6) is 0.242. The number of nitrogens with one attached hydrogen (secondary N) is 1. The summed E-state index contributed by atoms with van der Waals surface area (Å²) in [5, 5.41) is 0. The summed E-state index contributed by atoms with van der Waals surface area (Å²) in [6.45, 7) is 9.56. The van der Waals surface area contributed by atoms with Crippen molar-refractivity contribution in [3.8, 4) is 0 Å². The predicted octanol–water partition coefficient (Wildman–Crippen LogP) is 2.60. The van der Waals surface area contributed by atoms with E-state index in [0.717, 1.165) is 12.0 Å². The van der Waals surface area contributed by atoms with Crippen molar-refractivity contribution in [2.75, 3.05) is 5.73 Å². The molecule has 0 aromatic heterocycles. The van der Waals surface area contributed by atoms with Crippen molar-refractivity contribution >= 4 is 15.7 Å². The molecular weight excluding hydrogens is 260 g/mol. The molecule has 19 heavy (non-hydrogen) atoms. The molecular formula is C14H24N2O2S. The van der Waals surface area contributed by atoms with Crippen molar-refractivity contribution < 1.29 is 8.42 Å². The second-order valence-corrected chi connectivity index (χ2v) is 6.97. The van der Waals surface area contributed by atoms with Gasteiger partial charge in [0.2, 0.25) is 10.0 Å². The van der Waals surface area contributed by atoms with Gasteiger partial charge in [-0.3, -0.25) is 0 Å². The van der Waals surface area contributed by atoms with Gasteiger partial charge in [-0.15, -0.1) is 0 Å². The zero-order chi connectivity index (χ0) is 14.8. The van der Waals surface area contributed by atoms with Gasteiger partial charge in [0.25, 0.3) is 0 Å². The fraction of sp³-hybridized carbons (Fsp3) is 0.571. The molecule has 1 atom stereocenters. The van der Waals surface area contributed by atoms with E-state index in [4.69, 9.17) is 5.73 Å². The van der Waals surface area contributed by atoms with Crippen molar-refractivity contribution in [2.24, 2.45) is 5.92 Å². The van der Waals surface area contributed by atoms with Gasteiger partial charge >= 0.3 is 0 Å². The summed E-state index contributed by atoms with van der Waals surface area (Å²) in [7, 11) is -3.58. The SMILES string of the molecule is CCC(NS(=O)(=O)c1c(C)ccc(C)c1N)C(C)C. The molecule has 1 aromatic carbocycles. The molecule has 0 heterocycles. The summed E-state index contributed by atoms with van der Waals surface area (Å²) >= 11 is 0. The van der Waals surface area contributed by atoms with Crippen LogP contribution in [0.2, 0.25) is 0 Å². The average molecular weight is 284 g/mol. The largest absolute Gasteiger partial charge is 0.397 e. The van der Waals surface area contributed by atoms with Crippen molar-refractivity contribution in [3.63, 3.8) is 0 Å². The predicted molar refractivity (Wildman–Crippen MR) is 79.6 cm³/mol. The number of benzene rings is 1. The summed E-state index contributed by atoms with van der Waals surface area (Å²) in [6, 6.07) is 3.55. The van der Waals surface area contributed by atoms with E-state index in [2.05, 4.69) is 4.72 Å². The van der Waals surface area contributed by atoms with Gasteiger partial charge < -0.3 is 5.73 Å². The number of hydrogen-bond acceptors (Lipinski definition) is 3. The summed E-state index contributed by atoms with van der Waals surface area (Å²) < 4.78 is 27.8. The maximum atomic E-state index is 12.5. The lowest BCUT2D eigenvalue weighted by molar-refractivity contribution is 0.437. The van der Waals surface area contributed by atoms with Crippen LogP contribution in [0, 0.1) is 19.8 Å². The van der Waals surface area contributed by atoms with Gasteiger partial charge in [0.15, 0.2) is 0 Å². The molecule has 0 bridgehead atoms. The summed E-state index contributed by atoms with van der Waals surface area (Å²) in [5.41, 5.74) is 7.74. The van der Waals surface area contributed by atoms with Gasteiger partial charge in [-0.2, -0.15) is 0 Å². The van der Waals surface area contributed by atoms with Gasteiger partial charge in [-0.1, -0.05) is 32.9 Å². The van der Waals surface area contributed by atoms with E-state index < -0.39 is 10.0 Å². The molecule has 0 fully saturated rings. The molecule has 5 heteroatoms. The molecule has 1 aromatic rings. The Morgan fingerprint density at radius 2 is 1.74 bits per heavy atom. The summed E-state index contributed by atoms with van der Waals surface area (Å²) in [6.07, 6.45) is 0.752. The Morgan fingerprint density at radius 1 is 1.21 bits per heavy atom. The lowest BCUT2D eigenvalue weighted by atomic mass is 10.0. The zero-order valence-corrected chi connectivity index (χ0v) is 13.1. The summed E-state index contributed by atoms with van der Waals surface area (Å²) in [4.78, 5) is 0.214. The number of anilines is 1. The minimum Gasteiger partial charge on any atom is -0.397 e. The molecule has 1 rings (SSSR count). The Kier molecular flexibility index (Phi) is 4.98. The number of nitrogens with two attached hydrogens (primary N) is 1. The molecule has 3 N–H and O–H groups in total. The van der Waals surface area contributed by atoms with Crippen LogP contribution in [0.1, 0.15) is 38.3 Å². The maximum absolute atomic E-state index is 12.5. The first kappa shape index (κ1) is 16.0. The van der Waals surface area contributed by atoms with E-state index >= 15 is 0 Å². The number of aryl methyl sites for hydroxylation is 2. The first-order chi connectivity index (χ1) is 8.70. The highest BCUT2D eigenvalue weighted by atomic mass is 32.2. The van der Waals surface area contributed by atoms with Crippen LogP contribution in [0.25, 0.3) is 0 Å². The zero-order valence-electron chi connectivity index (χ0n) is 12.3. The molecule has 0 aliphatic carbocycles. The molecule has 0 aliphatic heterocycles. The van der Waals surface area contributed by atoms with Crippen LogP contribution in [-0.4, -0.2) is 14.5 Å². The van der Waals surface area contributed by atoms with E-state index in [0.29, 0.717) is 11.3 Å². The Balaban J connectivity index is 3.25. The molecule has 0 radical (unpaired) electrons. The monoisotopic (exact) mass is 284 g/mol. The van der Waals surface area contributed by atoms with Gasteiger partial charge in [0.1, 0.15) is 4.90 Å². The highest BCUT2D eigenvalue weighted by molar-refractivity contribution is 7.89. The van der Waals surface area contributed by atoms with Crippen LogP contribution in [0.15, 0.2) is 17.0 Å². The molecule has 0 aliphatic rings. The van der Waals surface area contributed by atoms with Crippen molar-refractivity contribution in [1.82, 2.24) is 4.72 Å². The van der Waals surface area contributed by atoms with Crippen molar-refractivity contribution in [3.05, 3.63) is 23.3 Å². The van der Waals surface area contributed by atoms with E-state index in [1.807, 2.05) is 33.8 Å². The Hall–Kier alpha value is -1.07. The molecule has 0 saturated heterocycles. The third-order valence-corrected chi connectivity index (χ3v) is 5.12. The van der Waals surface area contributed by atoms with Crippen LogP contribution >= 0.6 is 0 Å². The normalized spacial score (nSPS) is 13.8. The molecule has 0 spiro atoms. The number of nitrogen functional groups attached to an aromatic ring is 1. The Labute approximate surface area is 116 Å². The second-order valence-electron chi connectivity index (χ2n) is 5.32. The minimum atomic E-state index is -3.58. The topological polar surface area (TPSA) is 72.2 Å². The fourth-order valence-electron chi connectivity index (χ4n) is 2.11.